The van der Waals surface area contributed by atoms with Gasteiger partial charge in [-0.15, -0.1) is 0 Å². The summed E-state index contributed by atoms with van der Waals surface area (Å²) in [5.74, 6) is 0. The molecule has 0 aromatic carbocycles. The Morgan fingerprint density at radius 1 is 1.53 bits per heavy atom. The van der Waals surface area contributed by atoms with E-state index in [1.54, 1.807) is 0 Å². The Morgan fingerprint density at radius 3 is 2.71 bits per heavy atom. The molecular weight excluding hydrogens is 214 g/mol. The third-order valence-corrected chi connectivity index (χ3v) is 4.13. The van der Waals surface area contributed by atoms with Gasteiger partial charge in [0.05, 0.1) is 29.7 Å². The van der Waals surface area contributed by atoms with E-state index in [9.17, 15) is 0 Å². The van der Waals surface area contributed by atoms with Crippen molar-refractivity contribution < 1.29 is 4.74 Å². The van der Waals surface area contributed by atoms with Gasteiger partial charge in [-0.2, -0.15) is 0 Å². The molecule has 0 saturated heterocycles. The zero-order valence-electron chi connectivity index (χ0n) is 11.3. The van der Waals surface area contributed by atoms with Gasteiger partial charge < -0.3 is 14.6 Å². The van der Waals surface area contributed by atoms with E-state index in [1.165, 1.54) is 12.1 Å². The molecule has 1 heterocycles. The first-order valence-electron chi connectivity index (χ1n) is 6.28. The van der Waals surface area contributed by atoms with Crippen molar-refractivity contribution in [1.29, 1.82) is 0 Å². The molecule has 4 nitrogen and oxygen atoms in total. The van der Waals surface area contributed by atoms with Crippen LogP contribution >= 0.6 is 0 Å². The lowest BCUT2D eigenvalue weighted by Gasteiger charge is -2.41. The molecule has 0 bridgehead atoms. The summed E-state index contributed by atoms with van der Waals surface area (Å²) in [5.41, 5.74) is 1.19. The van der Waals surface area contributed by atoms with Gasteiger partial charge in [-0.25, -0.2) is 4.98 Å². The summed E-state index contributed by atoms with van der Waals surface area (Å²) >= 11 is 0. The first kappa shape index (κ1) is 12.6. The van der Waals surface area contributed by atoms with Gasteiger partial charge in [-0.05, 0) is 40.2 Å². The molecule has 2 rings (SSSR count). The van der Waals surface area contributed by atoms with Crippen LogP contribution in [0.1, 0.15) is 38.8 Å². The highest BCUT2D eigenvalue weighted by Crippen LogP contribution is 2.37. The van der Waals surface area contributed by atoms with Gasteiger partial charge in [0.2, 0.25) is 0 Å². The zero-order valence-corrected chi connectivity index (χ0v) is 11.3. The number of nitrogens with one attached hydrogen (secondary N) is 1. The lowest BCUT2D eigenvalue weighted by molar-refractivity contribution is -0.0843. The summed E-state index contributed by atoms with van der Waals surface area (Å²) in [7, 11) is 3.80. The van der Waals surface area contributed by atoms with Gasteiger partial charge >= 0.3 is 0 Å². The first-order valence-corrected chi connectivity index (χ1v) is 6.28. The second kappa shape index (κ2) is 4.42. The zero-order chi connectivity index (χ0) is 12.5. The Labute approximate surface area is 103 Å². The van der Waals surface area contributed by atoms with Gasteiger partial charge in [0, 0.05) is 13.3 Å². The predicted molar refractivity (Wildman–Crippen MR) is 67.9 cm³/mol. The summed E-state index contributed by atoms with van der Waals surface area (Å²) in [6, 6.07) is 0. The smallest absolute Gasteiger partial charge is 0.0949 e. The Balaban J connectivity index is 2.20. The Kier molecular flexibility index (Phi) is 3.27. The van der Waals surface area contributed by atoms with E-state index in [4.69, 9.17) is 4.74 Å². The maximum Gasteiger partial charge on any atom is 0.0949 e. The summed E-state index contributed by atoms with van der Waals surface area (Å²) in [4.78, 5) is 4.28. The minimum Gasteiger partial charge on any atom is -0.376 e. The van der Waals surface area contributed by atoms with Crippen molar-refractivity contribution in [3.63, 3.8) is 0 Å². The second-order valence-corrected chi connectivity index (χ2v) is 5.52. The summed E-state index contributed by atoms with van der Waals surface area (Å²) in [5, 5.41) is 3.32. The largest absolute Gasteiger partial charge is 0.376 e. The highest BCUT2D eigenvalue weighted by atomic mass is 16.5. The topological polar surface area (TPSA) is 39.1 Å². The van der Waals surface area contributed by atoms with Crippen molar-refractivity contribution in [3.8, 4) is 0 Å². The number of rotatable bonds is 5. The fraction of sp³-hybridized carbons (Fsp3) is 0.769. The predicted octanol–water partition coefficient (Wildman–Crippen LogP) is 1.91. The molecule has 0 unspecified atom stereocenters. The standard InChI is InChI=1S/C13H23N3O/c1-12(2,14-3)11-8-15-10-16(11)9-13(17-4)6-5-7-13/h8,10,14H,5-7,9H2,1-4H3. The third-order valence-electron chi connectivity index (χ3n) is 4.13. The molecular formula is C13H23N3O. The van der Waals surface area contributed by atoms with Crippen LogP contribution < -0.4 is 5.32 Å². The first-order chi connectivity index (χ1) is 8.03. The van der Waals surface area contributed by atoms with Crippen LogP contribution in [0.15, 0.2) is 12.5 Å². The van der Waals surface area contributed by atoms with Gasteiger partial charge in [-0.3, -0.25) is 0 Å². The van der Waals surface area contributed by atoms with Crippen molar-refractivity contribution >= 4 is 0 Å². The average molecular weight is 237 g/mol. The van der Waals surface area contributed by atoms with Crippen LogP contribution in [0.4, 0.5) is 0 Å². The summed E-state index contributed by atoms with van der Waals surface area (Å²) in [6.45, 7) is 5.24. The van der Waals surface area contributed by atoms with Crippen LogP contribution in [0.2, 0.25) is 0 Å². The molecule has 1 aliphatic rings. The number of imidazole rings is 1. The quantitative estimate of drug-likeness (QED) is 0.850. The monoisotopic (exact) mass is 237 g/mol. The number of ether oxygens (including phenoxy) is 1. The van der Waals surface area contributed by atoms with Gasteiger partial charge in [-0.1, -0.05) is 0 Å². The summed E-state index contributed by atoms with van der Waals surface area (Å²) < 4.78 is 7.90. The van der Waals surface area contributed by atoms with Crippen LogP contribution in [-0.2, 0) is 16.8 Å². The van der Waals surface area contributed by atoms with Crippen LogP contribution in [0.3, 0.4) is 0 Å². The molecule has 0 atom stereocenters. The normalized spacial score (nSPS) is 19.1. The molecule has 1 aliphatic carbocycles. The fourth-order valence-corrected chi connectivity index (χ4v) is 2.40. The number of hydrogen-bond acceptors (Lipinski definition) is 3. The Morgan fingerprint density at radius 2 is 2.24 bits per heavy atom. The van der Waals surface area contributed by atoms with Crippen molar-refractivity contribution in [2.24, 2.45) is 0 Å². The molecule has 1 aromatic heterocycles. The van der Waals surface area contributed by atoms with E-state index >= 15 is 0 Å². The summed E-state index contributed by atoms with van der Waals surface area (Å²) in [6.07, 6.45) is 7.43. The lowest BCUT2D eigenvalue weighted by Crippen LogP contribution is -2.45. The highest BCUT2D eigenvalue weighted by Gasteiger charge is 2.38. The third kappa shape index (κ3) is 2.24. The van der Waals surface area contributed by atoms with E-state index < -0.39 is 0 Å². The van der Waals surface area contributed by atoms with E-state index in [0.29, 0.717) is 0 Å². The minimum atomic E-state index is -0.0603. The molecule has 1 saturated carbocycles. The van der Waals surface area contributed by atoms with Gasteiger partial charge in [0.1, 0.15) is 0 Å². The van der Waals surface area contributed by atoms with Gasteiger partial charge in [0.15, 0.2) is 0 Å². The molecule has 1 fully saturated rings. The van der Waals surface area contributed by atoms with E-state index in [1.807, 2.05) is 26.7 Å². The maximum atomic E-state index is 5.68. The highest BCUT2D eigenvalue weighted by molar-refractivity contribution is 5.12. The average Bonchev–Trinajstić information content (AvgIpc) is 2.72. The van der Waals surface area contributed by atoms with Crippen LogP contribution in [-0.4, -0.2) is 29.3 Å². The second-order valence-electron chi connectivity index (χ2n) is 5.52. The fourth-order valence-electron chi connectivity index (χ4n) is 2.40. The van der Waals surface area contributed by atoms with E-state index in [0.717, 1.165) is 19.4 Å². The molecule has 96 valence electrons. The maximum absolute atomic E-state index is 5.68. The van der Waals surface area contributed by atoms with Crippen LogP contribution in [0.25, 0.3) is 0 Å². The molecule has 0 spiro atoms. The number of aromatic nitrogens is 2. The molecule has 17 heavy (non-hydrogen) atoms. The van der Waals surface area contributed by atoms with Crippen LogP contribution in [0, 0.1) is 0 Å². The SMILES string of the molecule is CNC(C)(C)c1cncn1CC1(OC)CCC1. The van der Waals surface area contributed by atoms with Crippen molar-refractivity contribution in [2.75, 3.05) is 14.2 Å². The molecule has 1 N–H and O–H groups in total. The van der Waals surface area contributed by atoms with Gasteiger partial charge in [0.25, 0.3) is 0 Å². The van der Waals surface area contributed by atoms with Crippen LogP contribution in [0.5, 0.6) is 0 Å². The molecule has 1 aromatic rings. The Bertz CT molecular complexity index is 374. The Hall–Kier alpha value is -0.870. The minimum absolute atomic E-state index is 0.0409. The lowest BCUT2D eigenvalue weighted by atomic mass is 9.79. The molecule has 0 aliphatic heterocycles. The molecule has 0 radical (unpaired) electrons. The number of hydrogen-bond donors (Lipinski definition) is 1. The van der Waals surface area contributed by atoms with Crippen molar-refractivity contribution in [3.05, 3.63) is 18.2 Å². The van der Waals surface area contributed by atoms with E-state index in [-0.39, 0.29) is 11.1 Å². The number of methoxy groups -OCH3 is 1. The van der Waals surface area contributed by atoms with Crippen molar-refractivity contribution in [1.82, 2.24) is 14.9 Å². The molecule has 0 amide bonds. The number of nitrogens with zero attached hydrogens (tertiary/aromatic N) is 2. The van der Waals surface area contributed by atoms with E-state index in [2.05, 4.69) is 28.7 Å². The molecule has 4 heteroatoms. The van der Waals surface area contributed by atoms with Crippen molar-refractivity contribution in [2.45, 2.75) is 50.8 Å².